The maximum absolute atomic E-state index is 4.49. The minimum absolute atomic E-state index is 1.02. The van der Waals surface area contributed by atoms with Crippen LogP contribution in [0.4, 0.5) is 0 Å². The van der Waals surface area contributed by atoms with Crippen LogP contribution in [0.1, 0.15) is 0 Å². The monoisotopic (exact) mass is 482 g/mol. The van der Waals surface area contributed by atoms with Crippen molar-refractivity contribution in [2.75, 3.05) is 0 Å². The van der Waals surface area contributed by atoms with Crippen molar-refractivity contribution in [3.8, 4) is 22.3 Å². The van der Waals surface area contributed by atoms with Crippen LogP contribution in [0, 0.1) is 0 Å². The first-order chi connectivity index (χ1) is 18.8. The van der Waals surface area contributed by atoms with E-state index in [1.54, 1.807) is 0 Å². The molecule has 0 saturated heterocycles. The molecule has 0 aliphatic heterocycles. The van der Waals surface area contributed by atoms with Crippen molar-refractivity contribution in [1.29, 1.82) is 0 Å². The number of fused-ring (bicyclic) bond motifs is 8. The molecule has 8 aromatic rings. The first kappa shape index (κ1) is 21.0. The molecule has 2 aromatic heterocycles. The molecule has 0 amide bonds. The maximum Gasteiger partial charge on any atom is 0.0702 e. The van der Waals surface area contributed by atoms with Gasteiger partial charge in [0.1, 0.15) is 0 Å². The third kappa shape index (κ3) is 3.28. The minimum atomic E-state index is 1.02. The largest absolute Gasteiger partial charge is 0.264 e. The van der Waals surface area contributed by atoms with E-state index in [-0.39, 0.29) is 0 Å². The second-order valence-corrected chi connectivity index (χ2v) is 9.91. The second-order valence-electron chi connectivity index (χ2n) is 9.91. The van der Waals surface area contributed by atoms with E-state index < -0.39 is 0 Å². The molecule has 0 radical (unpaired) electrons. The molecule has 38 heavy (non-hydrogen) atoms. The van der Waals surface area contributed by atoms with Crippen molar-refractivity contribution in [2.45, 2.75) is 0 Å². The van der Waals surface area contributed by atoms with Gasteiger partial charge in [-0.3, -0.25) is 9.97 Å². The van der Waals surface area contributed by atoms with Crippen LogP contribution in [0.25, 0.3) is 76.2 Å². The van der Waals surface area contributed by atoms with Crippen molar-refractivity contribution in [1.82, 2.24) is 9.97 Å². The predicted octanol–water partition coefficient (Wildman–Crippen LogP) is 9.58. The average Bonchev–Trinajstić information content (AvgIpc) is 3.00. The standard InChI is InChI=1S/C36H22N2/c1-2-6-31-30(5-1)32-12-9-26(24-11-14-36-28(19-24)4-3-16-38-36)21-35(32)33-13-10-25(20-34(31)33)23-7-8-29-22-37-17-15-27(29)18-23/h1-22H. The summed E-state index contributed by atoms with van der Waals surface area (Å²) in [7, 11) is 0. The minimum Gasteiger partial charge on any atom is -0.264 e. The molecule has 0 N–H and O–H groups in total. The average molecular weight is 483 g/mol. The highest BCUT2D eigenvalue weighted by molar-refractivity contribution is 6.26. The molecule has 2 heteroatoms. The summed E-state index contributed by atoms with van der Waals surface area (Å²) in [6.07, 6.45) is 5.62. The topological polar surface area (TPSA) is 25.8 Å². The van der Waals surface area contributed by atoms with Gasteiger partial charge in [0.2, 0.25) is 0 Å². The third-order valence-corrected chi connectivity index (χ3v) is 7.75. The molecule has 6 aromatic carbocycles. The Hall–Kier alpha value is -5.08. The van der Waals surface area contributed by atoms with Crippen molar-refractivity contribution < 1.29 is 0 Å². The van der Waals surface area contributed by atoms with Crippen LogP contribution in [-0.4, -0.2) is 9.97 Å². The molecule has 0 aliphatic carbocycles. The van der Waals surface area contributed by atoms with Crippen LogP contribution in [0.3, 0.4) is 0 Å². The van der Waals surface area contributed by atoms with Crippen LogP contribution in [0.5, 0.6) is 0 Å². The van der Waals surface area contributed by atoms with Crippen molar-refractivity contribution >= 4 is 54.0 Å². The SMILES string of the molecule is c1cnc2ccc(-c3ccc4c5ccccc5c5cc(-c6ccc7cnccc7c6)ccc5c4c3)cc2c1. The van der Waals surface area contributed by atoms with E-state index in [1.165, 1.54) is 60.0 Å². The van der Waals surface area contributed by atoms with Gasteiger partial charge in [-0.2, -0.15) is 0 Å². The Morgan fingerprint density at radius 2 is 0.974 bits per heavy atom. The van der Waals surface area contributed by atoms with Crippen LogP contribution in [-0.2, 0) is 0 Å². The van der Waals surface area contributed by atoms with Gasteiger partial charge in [-0.1, -0.05) is 72.8 Å². The lowest BCUT2D eigenvalue weighted by molar-refractivity contribution is 1.36. The molecule has 0 spiro atoms. The molecular weight excluding hydrogens is 460 g/mol. The van der Waals surface area contributed by atoms with E-state index >= 15 is 0 Å². The second kappa shape index (κ2) is 8.22. The first-order valence-corrected chi connectivity index (χ1v) is 12.9. The Bertz CT molecular complexity index is 2080. The number of hydrogen-bond acceptors (Lipinski definition) is 2. The van der Waals surface area contributed by atoms with Crippen molar-refractivity contribution in [3.05, 3.63) is 134 Å². The zero-order chi connectivity index (χ0) is 25.1. The number of nitrogens with zero attached hydrogens (tertiary/aromatic N) is 2. The molecule has 0 saturated carbocycles. The highest BCUT2D eigenvalue weighted by Gasteiger charge is 2.12. The van der Waals surface area contributed by atoms with Crippen molar-refractivity contribution in [3.63, 3.8) is 0 Å². The lowest BCUT2D eigenvalue weighted by Gasteiger charge is -2.14. The number of benzene rings is 6. The normalized spacial score (nSPS) is 11.7. The summed E-state index contributed by atoms with van der Waals surface area (Å²) in [6, 6.07) is 41.9. The van der Waals surface area contributed by atoms with Crippen molar-refractivity contribution in [2.24, 2.45) is 0 Å². The smallest absolute Gasteiger partial charge is 0.0702 e. The molecule has 0 atom stereocenters. The molecule has 0 bridgehead atoms. The van der Waals surface area contributed by atoms with Gasteiger partial charge in [0, 0.05) is 29.4 Å². The fourth-order valence-electron chi connectivity index (χ4n) is 5.83. The molecular formula is C36H22N2. The summed E-state index contributed by atoms with van der Waals surface area (Å²) in [6.45, 7) is 0. The van der Waals surface area contributed by atoms with E-state index in [0.29, 0.717) is 0 Å². The quantitative estimate of drug-likeness (QED) is 0.229. The Balaban J connectivity index is 1.38. The number of rotatable bonds is 2. The lowest BCUT2D eigenvalue weighted by atomic mass is 9.90. The van der Waals surface area contributed by atoms with Gasteiger partial charge in [-0.15, -0.1) is 0 Å². The van der Waals surface area contributed by atoms with Gasteiger partial charge < -0.3 is 0 Å². The Kier molecular flexibility index (Phi) is 4.55. The number of hydrogen-bond donors (Lipinski definition) is 0. The number of aromatic nitrogens is 2. The Morgan fingerprint density at radius 1 is 0.368 bits per heavy atom. The summed E-state index contributed by atoms with van der Waals surface area (Å²) < 4.78 is 0. The van der Waals surface area contributed by atoms with E-state index in [1.807, 2.05) is 24.7 Å². The fourth-order valence-corrected chi connectivity index (χ4v) is 5.83. The molecule has 0 fully saturated rings. The summed E-state index contributed by atoms with van der Waals surface area (Å²) in [4.78, 5) is 8.75. The van der Waals surface area contributed by atoms with Crippen LogP contribution < -0.4 is 0 Å². The maximum atomic E-state index is 4.49. The highest BCUT2D eigenvalue weighted by Crippen LogP contribution is 2.39. The fraction of sp³-hybridized carbons (Fsp3) is 0. The summed E-state index contributed by atoms with van der Waals surface area (Å²) >= 11 is 0. The summed E-state index contributed by atoms with van der Waals surface area (Å²) in [5.74, 6) is 0. The molecule has 2 heterocycles. The zero-order valence-corrected chi connectivity index (χ0v) is 20.6. The van der Waals surface area contributed by atoms with E-state index in [4.69, 9.17) is 0 Å². The van der Waals surface area contributed by atoms with E-state index in [9.17, 15) is 0 Å². The molecule has 2 nitrogen and oxygen atoms in total. The number of pyridine rings is 2. The van der Waals surface area contributed by atoms with Gasteiger partial charge in [-0.25, -0.2) is 0 Å². The Labute approximate surface area is 219 Å². The van der Waals surface area contributed by atoms with Gasteiger partial charge >= 0.3 is 0 Å². The van der Waals surface area contributed by atoms with Gasteiger partial charge in [0.05, 0.1) is 5.52 Å². The first-order valence-electron chi connectivity index (χ1n) is 12.9. The highest BCUT2D eigenvalue weighted by atomic mass is 14.6. The van der Waals surface area contributed by atoms with Crippen LogP contribution >= 0.6 is 0 Å². The molecule has 0 aliphatic rings. The van der Waals surface area contributed by atoms with Crippen LogP contribution in [0.2, 0.25) is 0 Å². The van der Waals surface area contributed by atoms with Gasteiger partial charge in [0.15, 0.2) is 0 Å². The van der Waals surface area contributed by atoms with Gasteiger partial charge in [-0.05, 0) is 102 Å². The predicted molar refractivity (Wildman–Crippen MR) is 160 cm³/mol. The van der Waals surface area contributed by atoms with Crippen LogP contribution in [0.15, 0.2) is 134 Å². The summed E-state index contributed by atoms with van der Waals surface area (Å²) in [5.41, 5.74) is 5.88. The van der Waals surface area contributed by atoms with E-state index in [2.05, 4.69) is 119 Å². The lowest BCUT2D eigenvalue weighted by Crippen LogP contribution is -1.87. The molecule has 0 unspecified atom stereocenters. The zero-order valence-electron chi connectivity index (χ0n) is 20.6. The Morgan fingerprint density at radius 3 is 1.76 bits per heavy atom. The van der Waals surface area contributed by atoms with E-state index in [0.717, 1.165) is 16.3 Å². The third-order valence-electron chi connectivity index (χ3n) is 7.75. The molecule has 8 rings (SSSR count). The summed E-state index contributed by atoms with van der Waals surface area (Å²) in [5, 5.41) is 11.2. The molecule has 176 valence electrons. The van der Waals surface area contributed by atoms with Gasteiger partial charge in [0.25, 0.3) is 0 Å².